The highest BCUT2D eigenvalue weighted by atomic mass is 19.1. The van der Waals surface area contributed by atoms with Gasteiger partial charge in [0, 0.05) is 26.2 Å². The molecule has 0 radical (unpaired) electrons. The van der Waals surface area contributed by atoms with Crippen LogP contribution in [-0.4, -0.2) is 27.7 Å². The smallest absolute Gasteiger partial charge is 0.262 e. The van der Waals surface area contributed by atoms with Gasteiger partial charge in [-0.25, -0.2) is 4.39 Å². The van der Waals surface area contributed by atoms with E-state index in [1.165, 1.54) is 24.3 Å². The van der Waals surface area contributed by atoms with Gasteiger partial charge in [-0.15, -0.1) is 0 Å². The number of fused-ring (bicyclic) bond motifs is 2. The van der Waals surface area contributed by atoms with E-state index < -0.39 is 17.5 Å². The van der Waals surface area contributed by atoms with Gasteiger partial charge in [0.05, 0.1) is 6.04 Å². The molecule has 4 aromatic carbocycles. The van der Waals surface area contributed by atoms with Gasteiger partial charge in [-0.3, -0.25) is 14.9 Å². The highest BCUT2D eigenvalue weighted by Crippen LogP contribution is 2.30. The van der Waals surface area contributed by atoms with Crippen molar-refractivity contribution in [2.75, 3.05) is 0 Å². The number of hydrogen-bond acceptors (Lipinski definition) is 4. The Balaban J connectivity index is 1.37. The van der Waals surface area contributed by atoms with Crippen LogP contribution >= 0.6 is 0 Å². The number of nitrogens with one attached hydrogen (secondary N) is 1. The molecule has 0 saturated carbocycles. The van der Waals surface area contributed by atoms with Crippen molar-refractivity contribution in [3.05, 3.63) is 141 Å². The van der Waals surface area contributed by atoms with E-state index in [1.54, 1.807) is 4.90 Å². The third-order valence-corrected chi connectivity index (χ3v) is 8.54. The second kappa shape index (κ2) is 11.2. The number of carbonyl (C=O) groups excluding carboxylic acids is 2. The van der Waals surface area contributed by atoms with Crippen LogP contribution in [0.5, 0.6) is 0 Å². The Morgan fingerprint density at radius 3 is 1.86 bits per heavy atom. The van der Waals surface area contributed by atoms with Gasteiger partial charge < -0.3 is 15.5 Å². The Morgan fingerprint density at radius 1 is 0.810 bits per heavy atom. The minimum absolute atomic E-state index is 0.138. The number of rotatable bonds is 7. The minimum Gasteiger partial charge on any atom is -0.333 e. The van der Waals surface area contributed by atoms with E-state index in [1.807, 2.05) is 79.4 Å². The van der Waals surface area contributed by atoms with E-state index in [4.69, 9.17) is 5.73 Å². The summed E-state index contributed by atoms with van der Waals surface area (Å²) in [6.07, 6.45) is 0.339. The largest absolute Gasteiger partial charge is 0.333 e. The maximum absolute atomic E-state index is 14.4. The maximum atomic E-state index is 14.4. The number of nitrogens with two attached hydrogens (primary N) is 1. The standard InChI is InChI=1S/C35H35FN4O2/c1-23-11-12-25(24(2)17-23)18-32(33(41)39-19-26-7-3-4-8-27(26)20-39)38-35(37,30-13-15-31(36)16-14-30)34(42)40-21-28-9-5-6-10-29(28)22-40/h3-17,32,38H,18-22,37H2,1-2H3/t32-,35-/m1/s1. The first-order valence-electron chi connectivity index (χ1n) is 14.3. The van der Waals surface area contributed by atoms with Crippen molar-refractivity contribution in [3.8, 4) is 0 Å². The normalized spacial score (nSPS) is 16.1. The molecule has 2 amide bonds. The number of halogens is 1. The molecule has 0 aliphatic carbocycles. The van der Waals surface area contributed by atoms with Gasteiger partial charge in [0.25, 0.3) is 5.91 Å². The van der Waals surface area contributed by atoms with Gasteiger partial charge in [-0.1, -0.05) is 84.4 Å². The molecule has 0 unspecified atom stereocenters. The molecule has 2 aliphatic rings. The highest BCUT2D eigenvalue weighted by Gasteiger charge is 2.44. The first kappa shape index (κ1) is 27.8. The van der Waals surface area contributed by atoms with E-state index in [-0.39, 0.29) is 11.8 Å². The number of carbonyl (C=O) groups is 2. The first-order valence-corrected chi connectivity index (χ1v) is 14.3. The Labute approximate surface area is 246 Å². The molecule has 6 rings (SSSR count). The fraction of sp³-hybridized carbons (Fsp3) is 0.257. The number of benzene rings is 4. The van der Waals surface area contributed by atoms with Crippen LogP contribution in [0.4, 0.5) is 4.39 Å². The van der Waals surface area contributed by atoms with Gasteiger partial charge in [-0.2, -0.15) is 0 Å². The van der Waals surface area contributed by atoms with E-state index in [0.29, 0.717) is 38.2 Å². The van der Waals surface area contributed by atoms with Crippen molar-refractivity contribution >= 4 is 11.8 Å². The molecule has 3 N–H and O–H groups in total. The summed E-state index contributed by atoms with van der Waals surface area (Å²) in [5.41, 5.74) is 13.2. The van der Waals surface area contributed by atoms with Gasteiger partial charge in [0.1, 0.15) is 5.82 Å². The van der Waals surface area contributed by atoms with Gasteiger partial charge in [-0.05, 0) is 71.3 Å². The topological polar surface area (TPSA) is 78.7 Å². The molecule has 2 heterocycles. The number of aryl methyl sites for hydroxylation is 2. The molecule has 214 valence electrons. The van der Waals surface area contributed by atoms with Crippen LogP contribution in [0.2, 0.25) is 0 Å². The van der Waals surface area contributed by atoms with E-state index >= 15 is 0 Å². The second-order valence-electron chi connectivity index (χ2n) is 11.5. The third-order valence-electron chi connectivity index (χ3n) is 8.54. The number of amides is 2. The van der Waals surface area contributed by atoms with E-state index in [9.17, 15) is 14.0 Å². The van der Waals surface area contributed by atoms with E-state index in [0.717, 1.165) is 38.9 Å². The molecular formula is C35H35FN4O2. The zero-order valence-electron chi connectivity index (χ0n) is 23.9. The molecule has 0 spiro atoms. The Hall–Kier alpha value is -4.33. The molecular weight excluding hydrogens is 527 g/mol. The number of nitrogens with zero attached hydrogens (tertiary/aromatic N) is 2. The Kier molecular flexibility index (Phi) is 7.39. The lowest BCUT2D eigenvalue weighted by atomic mass is 9.93. The molecule has 2 aliphatic heterocycles. The summed E-state index contributed by atoms with van der Waals surface area (Å²) in [4.78, 5) is 32.2. The lowest BCUT2D eigenvalue weighted by Crippen LogP contribution is -2.66. The maximum Gasteiger partial charge on any atom is 0.262 e. The number of hydrogen-bond donors (Lipinski definition) is 2. The summed E-state index contributed by atoms with van der Waals surface area (Å²) in [6, 6.07) is 26.9. The molecule has 4 aromatic rings. The fourth-order valence-electron chi connectivity index (χ4n) is 6.19. The van der Waals surface area contributed by atoms with Crippen molar-refractivity contribution in [3.63, 3.8) is 0 Å². The van der Waals surface area contributed by atoms with Gasteiger partial charge in [0.15, 0.2) is 5.66 Å². The molecule has 42 heavy (non-hydrogen) atoms. The van der Waals surface area contributed by atoms with Crippen molar-refractivity contribution in [2.45, 2.75) is 58.2 Å². The van der Waals surface area contributed by atoms with Crippen LogP contribution in [0, 0.1) is 19.7 Å². The van der Waals surface area contributed by atoms with E-state index in [2.05, 4.69) is 11.4 Å². The second-order valence-corrected chi connectivity index (χ2v) is 11.5. The fourth-order valence-corrected chi connectivity index (χ4v) is 6.19. The van der Waals surface area contributed by atoms with Crippen molar-refractivity contribution in [1.82, 2.24) is 15.1 Å². The molecule has 0 fully saturated rings. The predicted octanol–water partition coefficient (Wildman–Crippen LogP) is 4.84. The predicted molar refractivity (Wildman–Crippen MR) is 160 cm³/mol. The Morgan fingerprint density at radius 2 is 1.33 bits per heavy atom. The van der Waals surface area contributed by atoms with Crippen LogP contribution in [-0.2, 0) is 47.9 Å². The summed E-state index contributed by atoms with van der Waals surface area (Å²) in [5.74, 6) is -0.936. The Bertz CT molecular complexity index is 1600. The summed E-state index contributed by atoms with van der Waals surface area (Å²) in [5, 5.41) is 3.34. The summed E-state index contributed by atoms with van der Waals surface area (Å²) in [7, 11) is 0. The zero-order valence-corrected chi connectivity index (χ0v) is 23.9. The highest BCUT2D eigenvalue weighted by molar-refractivity contribution is 5.90. The van der Waals surface area contributed by atoms with Crippen LogP contribution in [0.3, 0.4) is 0 Å². The van der Waals surface area contributed by atoms with Crippen LogP contribution in [0.1, 0.15) is 44.5 Å². The molecule has 0 aromatic heterocycles. The van der Waals surface area contributed by atoms with Crippen LogP contribution < -0.4 is 11.1 Å². The monoisotopic (exact) mass is 562 g/mol. The first-order chi connectivity index (χ1) is 20.2. The SMILES string of the molecule is Cc1ccc(C[C@@H](N[C@@](N)(C(=O)N2Cc3ccccc3C2)c2ccc(F)cc2)C(=O)N2Cc3ccccc3C2)c(C)c1. The summed E-state index contributed by atoms with van der Waals surface area (Å²) in [6.45, 7) is 5.86. The average Bonchev–Trinajstić information content (AvgIpc) is 3.62. The van der Waals surface area contributed by atoms with Gasteiger partial charge >= 0.3 is 0 Å². The molecule has 0 saturated heterocycles. The molecule has 6 nitrogen and oxygen atoms in total. The molecule has 7 heteroatoms. The van der Waals surface area contributed by atoms with Crippen molar-refractivity contribution < 1.29 is 14.0 Å². The van der Waals surface area contributed by atoms with Crippen molar-refractivity contribution in [2.24, 2.45) is 5.73 Å². The molecule has 0 bridgehead atoms. The van der Waals surface area contributed by atoms with Crippen LogP contribution in [0.25, 0.3) is 0 Å². The lowest BCUT2D eigenvalue weighted by molar-refractivity contribution is -0.142. The lowest BCUT2D eigenvalue weighted by Gasteiger charge is -2.37. The quantitative estimate of drug-likeness (QED) is 0.316. The minimum atomic E-state index is -1.78. The van der Waals surface area contributed by atoms with Gasteiger partial charge in [0.2, 0.25) is 5.91 Å². The summed E-state index contributed by atoms with van der Waals surface area (Å²) < 4.78 is 14.0. The summed E-state index contributed by atoms with van der Waals surface area (Å²) >= 11 is 0. The van der Waals surface area contributed by atoms with Crippen molar-refractivity contribution in [1.29, 1.82) is 0 Å². The van der Waals surface area contributed by atoms with Crippen LogP contribution in [0.15, 0.2) is 91.0 Å². The molecule has 2 atom stereocenters. The average molecular weight is 563 g/mol. The zero-order chi connectivity index (χ0) is 29.4. The third kappa shape index (κ3) is 5.33.